The van der Waals surface area contributed by atoms with Crippen LogP contribution in [0.1, 0.15) is 46.8 Å². The summed E-state index contributed by atoms with van der Waals surface area (Å²) in [4.78, 5) is 92.3. The number of hydrogen-bond donors (Lipinski definition) is 6. The fourth-order valence-corrected chi connectivity index (χ4v) is 7.41. The summed E-state index contributed by atoms with van der Waals surface area (Å²) in [5.74, 6) is -4.03. The Balaban J connectivity index is 1.04. The number of nitrogens with two attached hydrogens (primary N) is 1. The van der Waals surface area contributed by atoms with Gasteiger partial charge in [-0.3, -0.25) is 14.4 Å². The van der Waals surface area contributed by atoms with Gasteiger partial charge in [0.2, 0.25) is 17.2 Å². The van der Waals surface area contributed by atoms with Crippen molar-refractivity contribution in [1.82, 2.24) is 25.4 Å². The molecule has 1 saturated heterocycles. The number of pyridine rings is 1. The van der Waals surface area contributed by atoms with Crippen molar-refractivity contribution in [2.45, 2.75) is 58.0 Å². The largest absolute Gasteiger partial charge is 0.477 e. The van der Waals surface area contributed by atoms with E-state index in [4.69, 9.17) is 15.2 Å². The number of carbonyl (C=O) groups is 6. The standard InChI is InChI=1S/C47H50F2N8O10/c1-2-55-26-35(44(61)62)41(58)34-24-36(49)40(25-39(34)55)56-18-20-57(21-19-56)47(65)67-28-30-13-15-33(16-14-30)52-42(59)37(12-7-17-51-45(50)63)53-43(60)38(23-31-10-6-11-32(48)22-31)54-46(64)66-27-29-8-4-3-5-9-29/h3-6,8-11,13-16,22,24-26,37-38H,2,7,12,17-21,23,27-28H2,1H3,(H,52,59)(H,53,60)(H,54,64)(H,61,62)(H3,50,51,63). The number of urea groups is 1. The number of carboxylic acids is 1. The van der Waals surface area contributed by atoms with Gasteiger partial charge in [0.1, 0.15) is 42.5 Å². The van der Waals surface area contributed by atoms with Crippen molar-refractivity contribution in [1.29, 1.82) is 0 Å². The van der Waals surface area contributed by atoms with Crippen LogP contribution in [0, 0.1) is 11.6 Å². The second kappa shape index (κ2) is 22.7. The first-order valence-electron chi connectivity index (χ1n) is 21.4. The molecule has 67 heavy (non-hydrogen) atoms. The molecule has 0 aliphatic carbocycles. The molecule has 0 saturated carbocycles. The Morgan fingerprint density at radius 3 is 2.15 bits per heavy atom. The summed E-state index contributed by atoms with van der Waals surface area (Å²) in [5, 5.41) is 19.8. The molecule has 2 unspecified atom stereocenters. The zero-order chi connectivity index (χ0) is 48.0. The molecule has 2 atom stereocenters. The van der Waals surface area contributed by atoms with Crippen LogP contribution in [0.4, 0.5) is 34.5 Å². The maximum atomic E-state index is 15.4. The van der Waals surface area contributed by atoms with E-state index in [1.54, 1.807) is 77.1 Å². The molecule has 5 aromatic rings. The molecule has 7 N–H and O–H groups in total. The minimum Gasteiger partial charge on any atom is -0.477 e. The Bertz CT molecular complexity index is 2660. The van der Waals surface area contributed by atoms with Gasteiger partial charge in [-0.05, 0) is 72.9 Å². The molecule has 0 radical (unpaired) electrons. The van der Waals surface area contributed by atoms with Crippen molar-refractivity contribution in [3.63, 3.8) is 0 Å². The second-order valence-electron chi connectivity index (χ2n) is 15.6. The number of rotatable bonds is 18. The number of anilines is 2. The van der Waals surface area contributed by atoms with Crippen LogP contribution in [0.25, 0.3) is 10.9 Å². The number of benzene rings is 4. The molecule has 4 aromatic carbocycles. The topological polar surface area (TPSA) is 244 Å². The van der Waals surface area contributed by atoms with Gasteiger partial charge in [0.05, 0.1) is 11.2 Å². The van der Waals surface area contributed by atoms with Crippen LogP contribution >= 0.6 is 0 Å². The van der Waals surface area contributed by atoms with E-state index in [2.05, 4.69) is 21.3 Å². The van der Waals surface area contributed by atoms with Crippen LogP contribution in [0.2, 0.25) is 0 Å². The van der Waals surface area contributed by atoms with E-state index in [-0.39, 0.29) is 76.3 Å². The Morgan fingerprint density at radius 1 is 0.791 bits per heavy atom. The number of amides is 6. The summed E-state index contributed by atoms with van der Waals surface area (Å²) in [6.45, 7) is 2.94. The SMILES string of the molecule is CCn1cc(C(=O)O)c(=O)c2cc(F)c(N3CCN(C(=O)OCc4ccc(NC(=O)C(CCCNC(N)=O)NC(=O)C(Cc5cccc(F)c5)NC(=O)OCc5ccccc5)cc4)CC3)cc21. The minimum absolute atomic E-state index is 0.0406. The monoisotopic (exact) mass is 924 g/mol. The molecule has 6 rings (SSSR count). The number of nitrogens with one attached hydrogen (secondary N) is 4. The van der Waals surface area contributed by atoms with Crippen LogP contribution in [0.5, 0.6) is 0 Å². The number of aromatic nitrogens is 1. The van der Waals surface area contributed by atoms with Gasteiger partial charge in [0, 0.05) is 63.0 Å². The quantitative estimate of drug-likeness (QED) is 0.0648. The fourth-order valence-electron chi connectivity index (χ4n) is 7.41. The predicted molar refractivity (Wildman–Crippen MR) is 242 cm³/mol. The molecule has 1 aliphatic rings. The lowest BCUT2D eigenvalue weighted by atomic mass is 10.0. The number of ether oxygens (including phenoxy) is 2. The molecule has 1 fully saturated rings. The van der Waals surface area contributed by atoms with Crippen molar-refractivity contribution in [2.75, 3.05) is 42.9 Å². The number of aryl methyl sites for hydroxylation is 1. The number of alkyl carbamates (subject to hydrolysis) is 1. The highest BCUT2D eigenvalue weighted by molar-refractivity contribution is 5.98. The van der Waals surface area contributed by atoms with Crippen molar-refractivity contribution < 1.29 is 52.1 Å². The summed E-state index contributed by atoms with van der Waals surface area (Å²) >= 11 is 0. The molecular formula is C47H50F2N8O10. The van der Waals surface area contributed by atoms with Gasteiger partial charge in [-0.1, -0.05) is 54.6 Å². The average molecular weight is 925 g/mol. The Hall–Kier alpha value is -8.03. The lowest BCUT2D eigenvalue weighted by Gasteiger charge is -2.35. The summed E-state index contributed by atoms with van der Waals surface area (Å²) in [7, 11) is 0. The minimum atomic E-state index is -1.40. The maximum Gasteiger partial charge on any atom is 0.410 e. The van der Waals surface area contributed by atoms with E-state index >= 15 is 4.39 Å². The summed E-state index contributed by atoms with van der Waals surface area (Å²) < 4.78 is 41.9. The van der Waals surface area contributed by atoms with Crippen LogP contribution in [0.15, 0.2) is 102 Å². The molecular weight excluding hydrogens is 875 g/mol. The smallest absolute Gasteiger partial charge is 0.410 e. The average Bonchev–Trinajstić information content (AvgIpc) is 3.31. The molecule has 352 valence electrons. The van der Waals surface area contributed by atoms with E-state index in [1.165, 1.54) is 35.4 Å². The second-order valence-corrected chi connectivity index (χ2v) is 15.6. The van der Waals surface area contributed by atoms with Gasteiger partial charge in [-0.15, -0.1) is 0 Å². The van der Waals surface area contributed by atoms with Gasteiger partial charge >= 0.3 is 24.2 Å². The first-order valence-corrected chi connectivity index (χ1v) is 21.4. The summed E-state index contributed by atoms with van der Waals surface area (Å²) in [5.41, 5.74) is 6.59. The maximum absolute atomic E-state index is 15.4. The number of aromatic carboxylic acids is 1. The Kier molecular flexibility index (Phi) is 16.4. The number of fused-ring (bicyclic) bond motifs is 1. The first kappa shape index (κ1) is 48.4. The van der Waals surface area contributed by atoms with Crippen molar-refractivity contribution in [3.05, 3.63) is 141 Å². The normalized spacial score (nSPS) is 13.2. The number of carboxylic acid groups (broad SMARTS) is 1. The molecule has 2 heterocycles. The van der Waals surface area contributed by atoms with Gasteiger partial charge in [0.25, 0.3) is 0 Å². The van der Waals surface area contributed by atoms with Crippen LogP contribution in [-0.2, 0) is 45.2 Å². The third-order valence-corrected chi connectivity index (χ3v) is 10.9. The van der Waals surface area contributed by atoms with E-state index in [9.17, 15) is 43.1 Å². The van der Waals surface area contributed by atoms with Crippen LogP contribution in [0.3, 0.4) is 0 Å². The van der Waals surface area contributed by atoms with Crippen LogP contribution < -0.4 is 37.3 Å². The molecule has 1 aromatic heterocycles. The number of primary amides is 1. The number of piperazine rings is 1. The van der Waals surface area contributed by atoms with Gasteiger partial charge in [-0.2, -0.15) is 0 Å². The molecule has 0 bridgehead atoms. The zero-order valence-corrected chi connectivity index (χ0v) is 36.5. The highest BCUT2D eigenvalue weighted by Gasteiger charge is 2.29. The first-order chi connectivity index (χ1) is 32.2. The molecule has 0 spiro atoms. The fraction of sp³-hybridized carbons (Fsp3) is 0.298. The Morgan fingerprint density at radius 2 is 1.48 bits per heavy atom. The lowest BCUT2D eigenvalue weighted by Crippen LogP contribution is -2.53. The van der Waals surface area contributed by atoms with Gasteiger partial charge < -0.3 is 55.9 Å². The number of carbonyl (C=O) groups excluding carboxylic acids is 5. The van der Waals surface area contributed by atoms with Crippen molar-refractivity contribution in [3.8, 4) is 0 Å². The molecule has 18 nitrogen and oxygen atoms in total. The summed E-state index contributed by atoms with van der Waals surface area (Å²) in [6.07, 6.45) is -0.150. The highest BCUT2D eigenvalue weighted by atomic mass is 19.1. The highest BCUT2D eigenvalue weighted by Crippen LogP contribution is 2.27. The van der Waals surface area contributed by atoms with E-state index in [0.717, 1.165) is 6.07 Å². The van der Waals surface area contributed by atoms with Crippen molar-refractivity contribution >= 4 is 58.3 Å². The lowest BCUT2D eigenvalue weighted by molar-refractivity contribution is -0.128. The Labute approximate surface area is 383 Å². The third kappa shape index (κ3) is 13.3. The number of halogens is 2. The molecule has 20 heteroatoms. The van der Waals surface area contributed by atoms with Gasteiger partial charge in [0.15, 0.2) is 0 Å². The molecule has 1 aliphatic heterocycles. The van der Waals surface area contributed by atoms with Gasteiger partial charge in [-0.25, -0.2) is 28.0 Å². The predicted octanol–water partition coefficient (Wildman–Crippen LogP) is 4.87. The molecule has 6 amide bonds. The van der Waals surface area contributed by atoms with E-state index < -0.39 is 70.7 Å². The summed E-state index contributed by atoms with van der Waals surface area (Å²) in [6, 6.07) is 20.1. The number of nitrogens with zero attached hydrogens (tertiary/aromatic N) is 3. The van der Waals surface area contributed by atoms with Crippen molar-refractivity contribution in [2.24, 2.45) is 5.73 Å². The third-order valence-electron chi connectivity index (χ3n) is 10.9. The zero-order valence-electron chi connectivity index (χ0n) is 36.5. The van der Waals surface area contributed by atoms with E-state index in [0.29, 0.717) is 34.4 Å². The number of hydrogen-bond acceptors (Lipinski definition) is 10. The van der Waals surface area contributed by atoms with Crippen LogP contribution in [-0.4, -0.2) is 95.4 Å². The van der Waals surface area contributed by atoms with E-state index in [1.807, 2.05) is 0 Å².